The molecule has 1 saturated heterocycles. The molecule has 2 rings (SSSR count). The van der Waals surface area contributed by atoms with Gasteiger partial charge in [0.1, 0.15) is 0 Å². The maximum absolute atomic E-state index is 13.7. The van der Waals surface area contributed by atoms with Gasteiger partial charge >= 0.3 is 0 Å². The zero-order chi connectivity index (χ0) is 23.7. The highest BCUT2D eigenvalue weighted by Gasteiger charge is 2.48. The summed E-state index contributed by atoms with van der Waals surface area (Å²) in [6.45, 7) is 23.6. The van der Waals surface area contributed by atoms with Crippen LogP contribution >= 0.6 is 0 Å². The minimum atomic E-state index is -0.247. The third kappa shape index (κ3) is 6.06. The number of carbonyl (C=O) groups excluding carboxylic acids is 2. The number of aryl methyl sites for hydroxylation is 3. The molecule has 0 N–H and O–H groups in total. The van der Waals surface area contributed by atoms with Crippen LogP contribution in [0.25, 0.3) is 0 Å². The molecule has 0 aromatic heterocycles. The van der Waals surface area contributed by atoms with Crippen molar-refractivity contribution in [3.8, 4) is 0 Å². The lowest BCUT2D eigenvalue weighted by molar-refractivity contribution is -0.164. The normalized spacial score (nSPS) is 19.1. The second kappa shape index (κ2) is 9.28. The van der Waals surface area contributed by atoms with Gasteiger partial charge in [0.15, 0.2) is 0 Å². The standard InChI is InChI=1S/C27H42N2O2/c1-11-12-21(16-26(5,6)7)25(31)29-24(30)15-23(27(8,9)10)28(29)17-22-19(3)13-18(2)14-20(22)4/h11,13-14,21,23H,1,12,15-17H2,2-10H3. The Labute approximate surface area is 189 Å². The Balaban J connectivity index is 2.49. The Morgan fingerprint density at radius 2 is 1.68 bits per heavy atom. The molecule has 1 fully saturated rings. The molecule has 0 radical (unpaired) electrons. The quantitative estimate of drug-likeness (QED) is 0.514. The average Bonchev–Trinajstić information content (AvgIpc) is 2.92. The summed E-state index contributed by atoms with van der Waals surface area (Å²) in [6.07, 6.45) is 3.47. The van der Waals surface area contributed by atoms with Crippen molar-refractivity contribution in [1.82, 2.24) is 10.0 Å². The number of amides is 2. The van der Waals surface area contributed by atoms with Gasteiger partial charge in [-0.3, -0.25) is 9.59 Å². The van der Waals surface area contributed by atoms with Crippen LogP contribution in [0.2, 0.25) is 0 Å². The van der Waals surface area contributed by atoms with E-state index in [1.54, 1.807) is 6.08 Å². The van der Waals surface area contributed by atoms with Crippen LogP contribution in [0.15, 0.2) is 24.8 Å². The highest BCUT2D eigenvalue weighted by Crippen LogP contribution is 2.38. The number of nitrogens with zero attached hydrogens (tertiary/aromatic N) is 2. The van der Waals surface area contributed by atoms with E-state index in [0.29, 0.717) is 19.4 Å². The smallest absolute Gasteiger partial charge is 0.247 e. The number of hydrazine groups is 1. The summed E-state index contributed by atoms with van der Waals surface area (Å²) in [5.74, 6) is -0.424. The molecule has 4 heteroatoms. The lowest BCUT2D eigenvalue weighted by Crippen LogP contribution is -2.51. The molecule has 2 atom stereocenters. The minimum Gasteiger partial charge on any atom is -0.273 e. The Hall–Kier alpha value is -1.94. The fourth-order valence-electron chi connectivity index (χ4n) is 4.83. The first-order valence-corrected chi connectivity index (χ1v) is 11.5. The topological polar surface area (TPSA) is 40.6 Å². The van der Waals surface area contributed by atoms with Gasteiger partial charge in [-0.2, -0.15) is 0 Å². The van der Waals surface area contributed by atoms with Crippen LogP contribution in [0, 0.1) is 37.5 Å². The van der Waals surface area contributed by atoms with E-state index in [1.807, 2.05) is 5.01 Å². The molecule has 1 aliphatic rings. The lowest BCUT2D eigenvalue weighted by Gasteiger charge is -2.39. The summed E-state index contributed by atoms with van der Waals surface area (Å²) < 4.78 is 0. The first kappa shape index (κ1) is 25.3. The molecular weight excluding hydrogens is 384 g/mol. The van der Waals surface area contributed by atoms with Gasteiger partial charge in [0.25, 0.3) is 0 Å². The number of imide groups is 1. The van der Waals surface area contributed by atoms with E-state index in [1.165, 1.54) is 27.3 Å². The number of benzene rings is 1. The molecule has 4 nitrogen and oxygen atoms in total. The number of rotatable bonds is 6. The van der Waals surface area contributed by atoms with E-state index in [9.17, 15) is 9.59 Å². The van der Waals surface area contributed by atoms with Gasteiger partial charge in [-0.15, -0.1) is 6.58 Å². The van der Waals surface area contributed by atoms with Gasteiger partial charge in [-0.1, -0.05) is 65.3 Å². The zero-order valence-corrected chi connectivity index (χ0v) is 21.1. The minimum absolute atomic E-state index is 0.00942. The monoisotopic (exact) mass is 426 g/mol. The second-order valence-corrected chi connectivity index (χ2v) is 11.6. The first-order valence-electron chi connectivity index (χ1n) is 11.5. The van der Waals surface area contributed by atoms with Crippen LogP contribution in [-0.2, 0) is 16.1 Å². The summed E-state index contributed by atoms with van der Waals surface area (Å²) in [7, 11) is 0. The van der Waals surface area contributed by atoms with E-state index < -0.39 is 0 Å². The van der Waals surface area contributed by atoms with E-state index in [2.05, 4.69) is 81.0 Å². The summed E-state index contributed by atoms with van der Waals surface area (Å²) in [5.41, 5.74) is 4.69. The molecule has 0 saturated carbocycles. The van der Waals surface area contributed by atoms with Crippen LogP contribution in [0.3, 0.4) is 0 Å². The van der Waals surface area contributed by atoms with Gasteiger partial charge in [0.05, 0.1) is 0 Å². The van der Waals surface area contributed by atoms with Crippen molar-refractivity contribution in [3.63, 3.8) is 0 Å². The molecular formula is C27H42N2O2. The van der Waals surface area contributed by atoms with Crippen LogP contribution in [0.1, 0.15) is 83.1 Å². The van der Waals surface area contributed by atoms with Crippen molar-refractivity contribution in [2.75, 3.05) is 0 Å². The molecule has 31 heavy (non-hydrogen) atoms. The molecule has 0 aliphatic carbocycles. The van der Waals surface area contributed by atoms with Gasteiger partial charge in [0.2, 0.25) is 11.8 Å². The predicted octanol–water partition coefficient (Wildman–Crippen LogP) is 6.13. The van der Waals surface area contributed by atoms with Crippen molar-refractivity contribution < 1.29 is 9.59 Å². The third-order valence-electron chi connectivity index (χ3n) is 6.25. The molecule has 0 spiro atoms. The van der Waals surface area contributed by atoms with Crippen LogP contribution in [-0.4, -0.2) is 27.9 Å². The maximum atomic E-state index is 13.7. The van der Waals surface area contributed by atoms with Crippen LogP contribution in [0.4, 0.5) is 0 Å². The highest BCUT2D eigenvalue weighted by atomic mass is 16.2. The lowest BCUT2D eigenvalue weighted by atomic mass is 9.82. The Morgan fingerprint density at radius 3 is 2.13 bits per heavy atom. The van der Waals surface area contributed by atoms with E-state index >= 15 is 0 Å². The van der Waals surface area contributed by atoms with E-state index in [0.717, 1.165) is 6.42 Å². The van der Waals surface area contributed by atoms with Gasteiger partial charge in [-0.25, -0.2) is 10.0 Å². The van der Waals surface area contributed by atoms with Crippen molar-refractivity contribution in [2.24, 2.45) is 16.7 Å². The molecule has 1 aromatic carbocycles. The Kier molecular flexibility index (Phi) is 7.58. The first-order chi connectivity index (χ1) is 14.2. The molecule has 2 unspecified atom stereocenters. The van der Waals surface area contributed by atoms with Crippen LogP contribution < -0.4 is 0 Å². The predicted molar refractivity (Wildman–Crippen MR) is 128 cm³/mol. The van der Waals surface area contributed by atoms with Crippen molar-refractivity contribution >= 4 is 11.8 Å². The highest BCUT2D eigenvalue weighted by molar-refractivity contribution is 5.97. The molecule has 1 heterocycles. The van der Waals surface area contributed by atoms with Gasteiger partial charge < -0.3 is 0 Å². The molecule has 1 aliphatic heterocycles. The zero-order valence-electron chi connectivity index (χ0n) is 21.1. The third-order valence-corrected chi connectivity index (χ3v) is 6.25. The van der Waals surface area contributed by atoms with Gasteiger partial charge in [0, 0.05) is 24.9 Å². The maximum Gasteiger partial charge on any atom is 0.247 e. The van der Waals surface area contributed by atoms with Crippen molar-refractivity contribution in [3.05, 3.63) is 47.0 Å². The summed E-state index contributed by atoms with van der Waals surface area (Å²) in [5, 5.41) is 3.53. The molecule has 172 valence electrons. The Bertz CT molecular complexity index is 819. The SMILES string of the molecule is C=CCC(CC(C)(C)C)C(=O)N1C(=O)CC(C(C)(C)C)N1Cc1c(C)cc(C)cc1C. The summed E-state index contributed by atoms with van der Waals surface area (Å²) in [4.78, 5) is 26.9. The largest absolute Gasteiger partial charge is 0.273 e. The van der Waals surface area contributed by atoms with Crippen LogP contribution in [0.5, 0.6) is 0 Å². The van der Waals surface area contributed by atoms with Crippen molar-refractivity contribution in [2.45, 2.75) is 94.2 Å². The molecule has 1 aromatic rings. The van der Waals surface area contributed by atoms with Gasteiger partial charge in [-0.05, 0) is 61.1 Å². The number of hydrogen-bond donors (Lipinski definition) is 0. The molecule has 0 bridgehead atoms. The average molecular weight is 427 g/mol. The molecule has 2 amide bonds. The number of allylic oxidation sites excluding steroid dienone is 1. The summed E-state index contributed by atoms with van der Waals surface area (Å²) in [6, 6.07) is 4.33. The van der Waals surface area contributed by atoms with E-state index in [4.69, 9.17) is 0 Å². The number of carbonyl (C=O) groups is 2. The van der Waals surface area contributed by atoms with Crippen molar-refractivity contribution in [1.29, 1.82) is 0 Å². The fourth-order valence-corrected chi connectivity index (χ4v) is 4.83. The second-order valence-electron chi connectivity index (χ2n) is 11.6. The Morgan fingerprint density at radius 1 is 1.13 bits per heavy atom. The number of hydrogen-bond acceptors (Lipinski definition) is 3. The van der Waals surface area contributed by atoms with E-state index in [-0.39, 0.29) is 34.6 Å². The summed E-state index contributed by atoms with van der Waals surface area (Å²) >= 11 is 0. The fraction of sp³-hybridized carbons (Fsp3) is 0.630.